The average Bonchev–Trinajstić information content (AvgIpc) is 2.79. The molecule has 0 aliphatic rings. The number of fused-ring (bicyclic) bond motifs is 1. The van der Waals surface area contributed by atoms with Gasteiger partial charge in [0, 0.05) is 23.5 Å². The van der Waals surface area contributed by atoms with Crippen molar-refractivity contribution in [2.24, 2.45) is 11.2 Å². The molecule has 116 valence electrons. The van der Waals surface area contributed by atoms with Crippen LogP contribution in [0, 0.1) is 0 Å². The number of nitrogens with two attached hydrogens (primary N) is 2. The van der Waals surface area contributed by atoms with Crippen molar-refractivity contribution in [1.82, 2.24) is 4.98 Å². The van der Waals surface area contributed by atoms with Gasteiger partial charge in [-0.15, -0.1) is 0 Å². The molecule has 2 aromatic rings. The quantitative estimate of drug-likeness (QED) is 0.402. The fourth-order valence-electron chi connectivity index (χ4n) is 1.77. The molecule has 0 aliphatic heterocycles. The number of hydrogen-bond acceptors (Lipinski definition) is 4. The van der Waals surface area contributed by atoms with E-state index in [-0.39, 0.29) is 5.97 Å². The summed E-state index contributed by atoms with van der Waals surface area (Å²) in [5.41, 5.74) is 11.8. The van der Waals surface area contributed by atoms with Gasteiger partial charge >= 0.3 is 13.7 Å². The van der Waals surface area contributed by atoms with Crippen molar-refractivity contribution in [1.29, 1.82) is 0 Å². The van der Waals surface area contributed by atoms with Crippen molar-refractivity contribution in [3.8, 4) is 0 Å². The molecular formula is C12H18N3O5P. The number of methoxy groups -OCH3 is 1. The number of benzene rings is 1. The molecule has 0 bridgehead atoms. The molecule has 0 fully saturated rings. The summed E-state index contributed by atoms with van der Waals surface area (Å²) in [7, 11) is -2.79. The summed E-state index contributed by atoms with van der Waals surface area (Å²) in [6, 6.07) is 7.31. The van der Waals surface area contributed by atoms with E-state index in [1.807, 2.05) is 30.5 Å². The van der Waals surface area contributed by atoms with Crippen molar-refractivity contribution < 1.29 is 23.9 Å². The Morgan fingerprint density at radius 1 is 1.43 bits per heavy atom. The van der Waals surface area contributed by atoms with Gasteiger partial charge < -0.3 is 25.2 Å². The standard InChI is InChI=1S/C12H14N2O2.H4NO3P/c1-16-12(15)10(13)6-8-7-14-11-5-3-2-4-9(8)11;1-5(2,3)4/h2-5,7,10,14H,6,13H2,1H3;(H4,1,2,3,4)/t10-;/m0./s1. The first-order valence-electron chi connectivity index (χ1n) is 5.95. The highest BCUT2D eigenvalue weighted by Crippen LogP contribution is 2.20. The lowest BCUT2D eigenvalue weighted by Gasteiger charge is -2.07. The second kappa shape index (κ2) is 7.35. The van der Waals surface area contributed by atoms with Crippen LogP contribution >= 0.6 is 7.75 Å². The molecule has 0 saturated carbocycles. The van der Waals surface area contributed by atoms with Crippen molar-refractivity contribution in [2.45, 2.75) is 12.5 Å². The first kappa shape index (κ1) is 17.4. The molecule has 9 heteroatoms. The molecular weight excluding hydrogens is 297 g/mol. The second-order valence-corrected chi connectivity index (χ2v) is 5.46. The first-order chi connectivity index (χ1) is 9.72. The van der Waals surface area contributed by atoms with Gasteiger partial charge in [0.25, 0.3) is 0 Å². The van der Waals surface area contributed by atoms with Crippen LogP contribution in [0.2, 0.25) is 0 Å². The molecule has 0 radical (unpaired) electrons. The minimum atomic E-state index is -4.14. The maximum Gasteiger partial charge on any atom is 0.397 e. The Hall–Kier alpha value is -1.70. The molecule has 21 heavy (non-hydrogen) atoms. The second-order valence-electron chi connectivity index (χ2n) is 4.28. The maximum atomic E-state index is 11.2. The number of carbonyl (C=O) groups is 1. The van der Waals surface area contributed by atoms with E-state index in [9.17, 15) is 4.79 Å². The highest BCUT2D eigenvalue weighted by Gasteiger charge is 2.16. The van der Waals surface area contributed by atoms with Gasteiger partial charge in [-0.05, 0) is 11.6 Å². The summed E-state index contributed by atoms with van der Waals surface area (Å²) >= 11 is 0. The molecule has 1 heterocycles. The lowest BCUT2D eigenvalue weighted by Crippen LogP contribution is -2.33. The van der Waals surface area contributed by atoms with Crippen LogP contribution in [-0.4, -0.2) is 33.9 Å². The van der Waals surface area contributed by atoms with Gasteiger partial charge in [-0.25, -0.2) is 10.1 Å². The molecule has 2 rings (SSSR count). The van der Waals surface area contributed by atoms with Gasteiger partial charge in [-0.1, -0.05) is 18.2 Å². The summed E-state index contributed by atoms with van der Waals surface area (Å²) < 4.78 is 13.7. The van der Waals surface area contributed by atoms with Crippen molar-refractivity contribution >= 4 is 24.6 Å². The third-order valence-corrected chi connectivity index (χ3v) is 2.62. The first-order valence-corrected chi connectivity index (χ1v) is 7.63. The van der Waals surface area contributed by atoms with Crippen molar-refractivity contribution in [3.05, 3.63) is 36.0 Å². The Bertz CT molecular complexity index is 643. The zero-order chi connectivity index (χ0) is 16.0. The number of hydrogen-bond donors (Lipinski definition) is 5. The molecule has 1 aromatic carbocycles. The number of esters is 1. The van der Waals surface area contributed by atoms with Gasteiger partial charge in [0.2, 0.25) is 0 Å². The highest BCUT2D eigenvalue weighted by molar-refractivity contribution is 7.49. The number of ether oxygens (including phenoxy) is 1. The van der Waals surface area contributed by atoms with Crippen LogP contribution in [0.1, 0.15) is 5.56 Å². The van der Waals surface area contributed by atoms with Gasteiger partial charge in [0.15, 0.2) is 0 Å². The van der Waals surface area contributed by atoms with Crippen molar-refractivity contribution in [2.75, 3.05) is 7.11 Å². The largest absolute Gasteiger partial charge is 0.468 e. The minimum Gasteiger partial charge on any atom is -0.468 e. The fourth-order valence-corrected chi connectivity index (χ4v) is 1.77. The number of nitrogens with one attached hydrogen (secondary N) is 1. The normalized spacial score (nSPS) is 12.4. The lowest BCUT2D eigenvalue weighted by atomic mass is 10.1. The highest BCUT2D eigenvalue weighted by atomic mass is 31.2. The predicted molar refractivity (Wildman–Crippen MR) is 78.2 cm³/mol. The fraction of sp³-hybridized carbons (Fsp3) is 0.250. The third-order valence-electron chi connectivity index (χ3n) is 2.62. The molecule has 0 saturated heterocycles. The monoisotopic (exact) mass is 315 g/mol. The van der Waals surface area contributed by atoms with E-state index in [4.69, 9.17) is 20.1 Å². The molecule has 1 aromatic heterocycles. The van der Waals surface area contributed by atoms with E-state index in [1.54, 1.807) is 0 Å². The molecule has 7 N–H and O–H groups in total. The van der Waals surface area contributed by atoms with Gasteiger partial charge in [-0.2, -0.15) is 0 Å². The van der Waals surface area contributed by atoms with Crippen LogP contribution in [0.25, 0.3) is 10.9 Å². The number of H-pyrrole nitrogens is 1. The molecule has 1 atom stereocenters. The van der Waals surface area contributed by atoms with Crippen LogP contribution in [0.4, 0.5) is 0 Å². The van der Waals surface area contributed by atoms with E-state index in [2.05, 4.69) is 15.2 Å². The van der Waals surface area contributed by atoms with E-state index >= 15 is 0 Å². The summed E-state index contributed by atoms with van der Waals surface area (Å²) in [5, 5.41) is 1.10. The Kier molecular flexibility index (Phi) is 6.07. The Morgan fingerprint density at radius 2 is 2.00 bits per heavy atom. The van der Waals surface area contributed by atoms with Gasteiger partial charge in [0.05, 0.1) is 7.11 Å². The third kappa shape index (κ3) is 6.07. The van der Waals surface area contributed by atoms with Gasteiger partial charge in [0.1, 0.15) is 6.04 Å². The van der Waals surface area contributed by atoms with Crippen molar-refractivity contribution in [3.63, 3.8) is 0 Å². The Morgan fingerprint density at radius 3 is 2.57 bits per heavy atom. The number of carbonyl (C=O) groups excluding carboxylic acids is 1. The molecule has 8 nitrogen and oxygen atoms in total. The zero-order valence-electron chi connectivity index (χ0n) is 11.4. The van der Waals surface area contributed by atoms with Crippen LogP contribution < -0.4 is 11.2 Å². The van der Waals surface area contributed by atoms with E-state index in [0.717, 1.165) is 16.5 Å². The molecule has 0 aliphatic carbocycles. The number of aromatic amines is 1. The number of para-hydroxylation sites is 1. The molecule has 0 amide bonds. The average molecular weight is 315 g/mol. The van der Waals surface area contributed by atoms with Crippen LogP contribution in [0.3, 0.4) is 0 Å². The Balaban J connectivity index is 0.000000383. The van der Waals surface area contributed by atoms with Crippen LogP contribution in [0.15, 0.2) is 30.5 Å². The SMILES string of the molecule is COC(=O)[C@@H](N)Cc1c[nH]c2ccccc12.NP(=O)(O)O. The smallest absolute Gasteiger partial charge is 0.397 e. The van der Waals surface area contributed by atoms with Crippen LogP contribution in [-0.2, 0) is 20.5 Å². The molecule has 0 unspecified atom stereocenters. The Labute approximate surface area is 121 Å². The number of rotatable bonds is 3. The van der Waals surface area contributed by atoms with E-state index < -0.39 is 13.8 Å². The predicted octanol–water partition coefficient (Wildman–Crippen LogP) is 0.248. The maximum absolute atomic E-state index is 11.2. The topological polar surface area (TPSA) is 152 Å². The summed E-state index contributed by atoms with van der Waals surface area (Å²) in [6.07, 6.45) is 2.37. The molecule has 0 spiro atoms. The number of aromatic nitrogens is 1. The van der Waals surface area contributed by atoms with E-state index in [1.165, 1.54) is 7.11 Å². The summed E-state index contributed by atoms with van der Waals surface area (Å²) in [5.74, 6) is -0.384. The van der Waals surface area contributed by atoms with Gasteiger partial charge in [-0.3, -0.25) is 4.79 Å². The minimum absolute atomic E-state index is 0.384. The lowest BCUT2D eigenvalue weighted by molar-refractivity contribution is -0.142. The summed E-state index contributed by atoms with van der Waals surface area (Å²) in [6.45, 7) is 0. The van der Waals surface area contributed by atoms with Crippen LogP contribution in [0.5, 0.6) is 0 Å². The van der Waals surface area contributed by atoms with E-state index in [0.29, 0.717) is 6.42 Å². The zero-order valence-corrected chi connectivity index (χ0v) is 12.3. The summed E-state index contributed by atoms with van der Waals surface area (Å²) in [4.78, 5) is 29.2.